The van der Waals surface area contributed by atoms with Gasteiger partial charge in [-0.3, -0.25) is 0 Å². The summed E-state index contributed by atoms with van der Waals surface area (Å²) < 4.78 is 0. The van der Waals surface area contributed by atoms with Gasteiger partial charge in [0.1, 0.15) is 0 Å². The summed E-state index contributed by atoms with van der Waals surface area (Å²) in [7, 11) is 0. The average molecular weight is 610 g/mol. The van der Waals surface area contributed by atoms with E-state index in [0.29, 0.717) is 0 Å². The number of para-hydroxylation sites is 1. The minimum atomic E-state index is -0.378. The zero-order valence-electron chi connectivity index (χ0n) is 26.3. The molecule has 0 aliphatic heterocycles. The van der Waals surface area contributed by atoms with E-state index in [4.69, 9.17) is 0 Å². The molecule has 2 aliphatic rings. The molecule has 2 aliphatic carbocycles. The molecule has 1 nitrogen and oxygen atoms in total. The van der Waals surface area contributed by atoms with E-state index < -0.39 is 0 Å². The number of hydrogen-bond acceptors (Lipinski definition) is 1. The van der Waals surface area contributed by atoms with Crippen LogP contribution in [0.5, 0.6) is 0 Å². The monoisotopic (exact) mass is 609 g/mol. The molecule has 1 spiro atoms. The third kappa shape index (κ3) is 3.79. The van der Waals surface area contributed by atoms with E-state index in [1.807, 2.05) is 0 Å². The number of benzene rings is 8. The minimum absolute atomic E-state index is 0.378. The molecule has 0 aromatic heterocycles. The lowest BCUT2D eigenvalue weighted by Crippen LogP contribution is -2.26. The third-order valence-corrected chi connectivity index (χ3v) is 10.5. The van der Waals surface area contributed by atoms with Crippen LogP contribution in [-0.4, -0.2) is 0 Å². The molecule has 0 unspecified atom stereocenters. The van der Waals surface area contributed by atoms with Crippen molar-refractivity contribution in [2.75, 3.05) is 4.90 Å². The van der Waals surface area contributed by atoms with Crippen LogP contribution in [0.2, 0.25) is 0 Å². The van der Waals surface area contributed by atoms with Crippen LogP contribution in [0.4, 0.5) is 17.1 Å². The Morgan fingerprint density at radius 1 is 0.292 bits per heavy atom. The highest BCUT2D eigenvalue weighted by atomic mass is 15.1. The topological polar surface area (TPSA) is 3.24 Å². The van der Waals surface area contributed by atoms with Gasteiger partial charge in [-0.1, -0.05) is 146 Å². The van der Waals surface area contributed by atoms with Gasteiger partial charge >= 0.3 is 0 Å². The normalized spacial score (nSPS) is 13.2. The maximum Gasteiger partial charge on any atom is 0.0726 e. The third-order valence-electron chi connectivity index (χ3n) is 10.5. The Bertz CT molecular complexity index is 2440. The highest BCUT2D eigenvalue weighted by molar-refractivity contribution is 5.96. The van der Waals surface area contributed by atoms with Gasteiger partial charge in [-0.2, -0.15) is 0 Å². The number of anilines is 3. The van der Waals surface area contributed by atoms with Crippen molar-refractivity contribution in [3.63, 3.8) is 0 Å². The van der Waals surface area contributed by atoms with Crippen LogP contribution in [0.1, 0.15) is 22.3 Å². The first kappa shape index (κ1) is 27.0. The molecule has 0 heterocycles. The van der Waals surface area contributed by atoms with Gasteiger partial charge in [0.2, 0.25) is 0 Å². The zero-order valence-corrected chi connectivity index (χ0v) is 26.3. The van der Waals surface area contributed by atoms with Crippen LogP contribution >= 0.6 is 0 Å². The molecule has 0 amide bonds. The van der Waals surface area contributed by atoms with Crippen molar-refractivity contribution in [2.24, 2.45) is 0 Å². The van der Waals surface area contributed by atoms with Gasteiger partial charge in [-0.05, 0) is 109 Å². The average Bonchev–Trinajstić information content (AvgIpc) is 3.63. The van der Waals surface area contributed by atoms with E-state index in [1.165, 1.54) is 66.4 Å². The van der Waals surface area contributed by atoms with Crippen molar-refractivity contribution in [3.05, 3.63) is 210 Å². The lowest BCUT2D eigenvalue weighted by Gasteiger charge is -2.32. The smallest absolute Gasteiger partial charge is 0.0726 e. The van der Waals surface area contributed by atoms with Crippen LogP contribution in [0.25, 0.3) is 44.2 Å². The first-order chi connectivity index (χ1) is 23.8. The standard InChI is InChI=1S/C47H31N/c1-2-14-36(15-3-1)48(37-26-24-33(25-27-37)35-23-22-32-12-4-5-13-34(32)30-35)38-28-29-42-41-18-8-11-21-45(41)47(46(42)31-38)43-19-9-6-16-39(43)40-17-7-10-20-44(40)47/h1-31H. The Labute approximate surface area is 281 Å². The summed E-state index contributed by atoms with van der Waals surface area (Å²) in [6.45, 7) is 0. The molecule has 0 radical (unpaired) electrons. The molecule has 1 heteroatoms. The fraction of sp³-hybridized carbons (Fsp3) is 0.0213. The second-order valence-corrected chi connectivity index (χ2v) is 12.9. The van der Waals surface area contributed by atoms with E-state index in [2.05, 4.69) is 193 Å². The van der Waals surface area contributed by atoms with Crippen LogP contribution in [-0.2, 0) is 5.41 Å². The number of rotatable bonds is 4. The summed E-state index contributed by atoms with van der Waals surface area (Å²) in [6, 6.07) is 69.2. The Balaban J connectivity index is 1.16. The van der Waals surface area contributed by atoms with Crippen molar-refractivity contribution in [2.45, 2.75) is 5.41 Å². The molecule has 0 atom stereocenters. The molecular formula is C47H31N. The molecule has 10 rings (SSSR count). The number of nitrogens with zero attached hydrogens (tertiary/aromatic N) is 1. The van der Waals surface area contributed by atoms with Crippen LogP contribution in [0, 0.1) is 0 Å². The molecule has 0 saturated carbocycles. The van der Waals surface area contributed by atoms with Gasteiger partial charge in [0.15, 0.2) is 0 Å². The fourth-order valence-electron chi connectivity index (χ4n) is 8.42. The molecule has 8 aromatic rings. The quantitative estimate of drug-likeness (QED) is 0.192. The first-order valence-corrected chi connectivity index (χ1v) is 16.7. The van der Waals surface area contributed by atoms with Crippen LogP contribution < -0.4 is 4.90 Å². The molecule has 0 fully saturated rings. The van der Waals surface area contributed by atoms with Crippen molar-refractivity contribution in [3.8, 4) is 33.4 Å². The van der Waals surface area contributed by atoms with E-state index in [0.717, 1.165) is 17.1 Å². The summed E-state index contributed by atoms with van der Waals surface area (Å²) in [5.74, 6) is 0. The van der Waals surface area contributed by atoms with Gasteiger partial charge < -0.3 is 4.90 Å². The van der Waals surface area contributed by atoms with Gasteiger partial charge in [-0.25, -0.2) is 0 Å². The molecular weight excluding hydrogens is 579 g/mol. The predicted molar refractivity (Wildman–Crippen MR) is 200 cm³/mol. The summed E-state index contributed by atoms with van der Waals surface area (Å²) in [6.07, 6.45) is 0. The highest BCUT2D eigenvalue weighted by Gasteiger charge is 2.51. The molecule has 8 aromatic carbocycles. The Hall–Kier alpha value is -6.18. The number of hydrogen-bond donors (Lipinski definition) is 0. The zero-order chi connectivity index (χ0) is 31.7. The molecule has 0 bridgehead atoms. The number of fused-ring (bicyclic) bond motifs is 11. The maximum absolute atomic E-state index is 2.46. The Kier molecular flexibility index (Phi) is 5.86. The minimum Gasteiger partial charge on any atom is -0.310 e. The molecule has 48 heavy (non-hydrogen) atoms. The van der Waals surface area contributed by atoms with Gasteiger partial charge in [0.25, 0.3) is 0 Å². The van der Waals surface area contributed by atoms with Gasteiger partial charge in [-0.15, -0.1) is 0 Å². The van der Waals surface area contributed by atoms with Crippen molar-refractivity contribution < 1.29 is 0 Å². The fourth-order valence-corrected chi connectivity index (χ4v) is 8.42. The van der Waals surface area contributed by atoms with E-state index in [9.17, 15) is 0 Å². The highest BCUT2D eigenvalue weighted by Crippen LogP contribution is 2.63. The predicted octanol–water partition coefficient (Wildman–Crippen LogP) is 12.3. The van der Waals surface area contributed by atoms with Gasteiger partial charge in [0, 0.05) is 17.1 Å². The Morgan fingerprint density at radius 3 is 1.42 bits per heavy atom. The van der Waals surface area contributed by atoms with Crippen LogP contribution in [0.15, 0.2) is 188 Å². The first-order valence-electron chi connectivity index (χ1n) is 16.7. The van der Waals surface area contributed by atoms with Crippen LogP contribution in [0.3, 0.4) is 0 Å². The Morgan fingerprint density at radius 2 is 0.771 bits per heavy atom. The summed E-state index contributed by atoms with van der Waals surface area (Å²) >= 11 is 0. The largest absolute Gasteiger partial charge is 0.310 e. The summed E-state index contributed by atoms with van der Waals surface area (Å²) in [5, 5.41) is 2.52. The molecule has 224 valence electrons. The second-order valence-electron chi connectivity index (χ2n) is 12.9. The molecule has 0 N–H and O–H groups in total. The van der Waals surface area contributed by atoms with E-state index >= 15 is 0 Å². The van der Waals surface area contributed by atoms with E-state index in [1.54, 1.807) is 0 Å². The van der Waals surface area contributed by atoms with Crippen molar-refractivity contribution >= 4 is 27.8 Å². The maximum atomic E-state index is 2.46. The lowest BCUT2D eigenvalue weighted by atomic mass is 9.70. The van der Waals surface area contributed by atoms with E-state index in [-0.39, 0.29) is 5.41 Å². The van der Waals surface area contributed by atoms with Gasteiger partial charge in [0.05, 0.1) is 5.41 Å². The summed E-state index contributed by atoms with van der Waals surface area (Å²) in [4.78, 5) is 2.40. The van der Waals surface area contributed by atoms with Crippen molar-refractivity contribution in [1.82, 2.24) is 0 Å². The lowest BCUT2D eigenvalue weighted by molar-refractivity contribution is 0.793. The SMILES string of the molecule is c1ccc(N(c2ccc(-c3ccc4ccccc4c3)cc2)c2ccc3c(c2)C2(c4ccccc4-c4ccccc42)c2ccccc2-3)cc1. The van der Waals surface area contributed by atoms with Crippen molar-refractivity contribution in [1.29, 1.82) is 0 Å². The second kappa shape index (κ2) is 10.4. The molecule has 0 saturated heterocycles. The summed E-state index contributed by atoms with van der Waals surface area (Å²) in [5.41, 5.74) is 16.2.